The Labute approximate surface area is 175 Å². The van der Waals surface area contributed by atoms with Gasteiger partial charge in [-0.15, -0.1) is 6.42 Å². The van der Waals surface area contributed by atoms with Gasteiger partial charge in [-0.2, -0.15) is 0 Å². The van der Waals surface area contributed by atoms with E-state index in [1.165, 1.54) is 0 Å². The molecule has 1 aliphatic rings. The van der Waals surface area contributed by atoms with E-state index in [1.54, 1.807) is 31.3 Å². The van der Waals surface area contributed by atoms with Crippen LogP contribution in [0.1, 0.15) is 34.3 Å². The van der Waals surface area contributed by atoms with Gasteiger partial charge in [-0.05, 0) is 54.8 Å². The van der Waals surface area contributed by atoms with Gasteiger partial charge < -0.3 is 10.6 Å². The summed E-state index contributed by atoms with van der Waals surface area (Å²) in [4.78, 5) is 17.2. The van der Waals surface area contributed by atoms with Gasteiger partial charge in [0.05, 0.1) is 16.3 Å². The fourth-order valence-corrected chi connectivity index (χ4v) is 3.56. The molecule has 1 fully saturated rings. The van der Waals surface area contributed by atoms with Crippen LogP contribution in [0.15, 0.2) is 60.7 Å². The average molecular weight is 402 g/mol. The molecule has 2 N–H and O–H groups in total. The van der Waals surface area contributed by atoms with E-state index in [1.807, 2.05) is 24.3 Å². The first-order chi connectivity index (χ1) is 14.0. The fraction of sp³-hybridized carbons (Fsp3) is 0.167. The minimum atomic E-state index is -0.302. The maximum atomic E-state index is 12.7. The van der Waals surface area contributed by atoms with Crippen LogP contribution in [-0.2, 0) is 5.54 Å². The van der Waals surface area contributed by atoms with Crippen LogP contribution in [0.5, 0.6) is 0 Å². The monoisotopic (exact) mass is 401 g/mol. The molecule has 0 bridgehead atoms. The van der Waals surface area contributed by atoms with Crippen molar-refractivity contribution in [2.45, 2.75) is 18.4 Å². The van der Waals surface area contributed by atoms with Gasteiger partial charge in [0.2, 0.25) is 0 Å². The predicted molar refractivity (Wildman–Crippen MR) is 117 cm³/mol. The van der Waals surface area contributed by atoms with E-state index < -0.39 is 0 Å². The highest BCUT2D eigenvalue weighted by atomic mass is 35.5. The lowest BCUT2D eigenvalue weighted by molar-refractivity contribution is 0.0931. The van der Waals surface area contributed by atoms with E-state index in [0.29, 0.717) is 16.4 Å². The number of carbonyl (C=O) groups is 1. The summed E-state index contributed by atoms with van der Waals surface area (Å²) < 4.78 is 0. The van der Waals surface area contributed by atoms with E-state index in [0.717, 1.165) is 35.2 Å². The zero-order valence-corrected chi connectivity index (χ0v) is 16.8. The molecule has 1 aliphatic carbocycles. The molecular weight excluding hydrogens is 382 g/mol. The largest absolute Gasteiger partial charge is 0.372 e. The van der Waals surface area contributed by atoms with Gasteiger partial charge in [-0.1, -0.05) is 41.8 Å². The molecule has 29 heavy (non-hydrogen) atoms. The van der Waals surface area contributed by atoms with Crippen molar-refractivity contribution < 1.29 is 4.79 Å². The number of hydrogen-bond donors (Lipinski definition) is 2. The molecule has 3 aromatic rings. The van der Waals surface area contributed by atoms with Crippen molar-refractivity contribution >= 4 is 23.3 Å². The molecule has 1 aromatic heterocycles. The van der Waals surface area contributed by atoms with Gasteiger partial charge in [-0.25, -0.2) is 4.98 Å². The summed E-state index contributed by atoms with van der Waals surface area (Å²) in [6.45, 7) is 0. The molecule has 1 heterocycles. The van der Waals surface area contributed by atoms with Crippen LogP contribution in [0.2, 0.25) is 5.02 Å². The Balaban J connectivity index is 1.52. The van der Waals surface area contributed by atoms with E-state index >= 15 is 0 Å². The second kappa shape index (κ2) is 7.62. The summed E-state index contributed by atoms with van der Waals surface area (Å²) in [5, 5.41) is 6.77. The third-order valence-corrected chi connectivity index (χ3v) is 5.54. The fourth-order valence-electron chi connectivity index (χ4n) is 3.36. The Hall–Kier alpha value is -3.29. The Morgan fingerprint density at radius 3 is 2.34 bits per heavy atom. The highest BCUT2D eigenvalue weighted by molar-refractivity contribution is 6.32. The number of carbonyl (C=O) groups excluding carboxylic acids is 1. The molecular formula is C24H20ClN3O. The topological polar surface area (TPSA) is 54.0 Å². The molecule has 1 amide bonds. The first-order valence-corrected chi connectivity index (χ1v) is 9.77. The summed E-state index contributed by atoms with van der Waals surface area (Å²) >= 11 is 6.12. The molecule has 0 spiro atoms. The summed E-state index contributed by atoms with van der Waals surface area (Å²) in [5.74, 6) is 3.12. The Morgan fingerprint density at radius 2 is 1.76 bits per heavy atom. The van der Waals surface area contributed by atoms with E-state index in [4.69, 9.17) is 18.0 Å². The van der Waals surface area contributed by atoms with Crippen LogP contribution in [0.25, 0.3) is 11.3 Å². The lowest BCUT2D eigenvalue weighted by Crippen LogP contribution is -2.34. The molecule has 0 radical (unpaired) electrons. The second-order valence-corrected chi connectivity index (χ2v) is 7.52. The molecule has 4 rings (SSSR count). The number of hydrogen-bond acceptors (Lipinski definition) is 3. The molecule has 0 aliphatic heterocycles. The minimum absolute atomic E-state index is 0.0897. The molecule has 0 unspecified atom stereocenters. The number of terminal acetylenes is 1. The smallest absolute Gasteiger partial charge is 0.251 e. The Kier molecular flexibility index (Phi) is 5.00. The Morgan fingerprint density at radius 1 is 1.07 bits per heavy atom. The lowest BCUT2D eigenvalue weighted by atomic mass is 10.0. The molecule has 5 heteroatoms. The SMILES string of the molecule is C#Cc1ccc(C(=O)NC2(c3ccc(-c4ccc(Cl)c(NC)n4)cc3)CC2)cc1. The van der Waals surface area contributed by atoms with Crippen molar-refractivity contribution in [1.82, 2.24) is 10.3 Å². The number of benzene rings is 2. The highest BCUT2D eigenvalue weighted by Gasteiger charge is 2.45. The van der Waals surface area contributed by atoms with Crippen LogP contribution < -0.4 is 10.6 Å². The molecule has 4 nitrogen and oxygen atoms in total. The maximum Gasteiger partial charge on any atom is 0.251 e. The molecule has 0 atom stereocenters. The summed E-state index contributed by atoms with van der Waals surface area (Å²) in [5.41, 5.74) is 4.00. The number of nitrogens with one attached hydrogen (secondary N) is 2. The number of halogens is 1. The van der Waals surface area contributed by atoms with Gasteiger partial charge in [0.25, 0.3) is 5.91 Å². The highest BCUT2D eigenvalue weighted by Crippen LogP contribution is 2.46. The van der Waals surface area contributed by atoms with Crippen molar-refractivity contribution in [2.75, 3.05) is 12.4 Å². The van der Waals surface area contributed by atoms with Crippen LogP contribution in [0.4, 0.5) is 5.82 Å². The molecule has 2 aromatic carbocycles. The van der Waals surface area contributed by atoms with E-state index in [2.05, 4.69) is 33.7 Å². The van der Waals surface area contributed by atoms with E-state index in [9.17, 15) is 4.79 Å². The van der Waals surface area contributed by atoms with Crippen molar-refractivity contribution in [3.8, 4) is 23.6 Å². The van der Waals surface area contributed by atoms with Gasteiger partial charge in [0.15, 0.2) is 0 Å². The Bertz CT molecular complexity index is 1090. The van der Waals surface area contributed by atoms with Gasteiger partial charge in [0, 0.05) is 23.7 Å². The van der Waals surface area contributed by atoms with Crippen molar-refractivity contribution in [3.63, 3.8) is 0 Å². The van der Waals surface area contributed by atoms with Crippen molar-refractivity contribution in [2.24, 2.45) is 0 Å². The van der Waals surface area contributed by atoms with Gasteiger partial charge in [-0.3, -0.25) is 4.79 Å². The summed E-state index contributed by atoms with van der Waals surface area (Å²) in [6.07, 6.45) is 7.22. The van der Waals surface area contributed by atoms with Crippen LogP contribution >= 0.6 is 11.6 Å². The number of pyridine rings is 1. The third kappa shape index (κ3) is 3.83. The normalized spacial score (nSPS) is 14.0. The number of amides is 1. The average Bonchev–Trinajstić information content (AvgIpc) is 3.55. The number of nitrogens with zero attached hydrogens (tertiary/aromatic N) is 1. The first kappa shape index (κ1) is 19.0. The summed E-state index contributed by atoms with van der Waals surface area (Å²) in [6, 6.07) is 19.0. The molecule has 144 valence electrons. The zero-order chi connectivity index (χ0) is 20.4. The summed E-state index contributed by atoms with van der Waals surface area (Å²) in [7, 11) is 1.79. The van der Waals surface area contributed by atoms with Gasteiger partial charge >= 0.3 is 0 Å². The van der Waals surface area contributed by atoms with Crippen LogP contribution in [-0.4, -0.2) is 17.9 Å². The van der Waals surface area contributed by atoms with Crippen molar-refractivity contribution in [3.05, 3.63) is 82.4 Å². The van der Waals surface area contributed by atoms with Crippen molar-refractivity contribution in [1.29, 1.82) is 0 Å². The van der Waals surface area contributed by atoms with Gasteiger partial charge in [0.1, 0.15) is 5.82 Å². The van der Waals surface area contributed by atoms with E-state index in [-0.39, 0.29) is 11.4 Å². The maximum absolute atomic E-state index is 12.7. The predicted octanol–water partition coefficient (Wildman–Crippen LogP) is 4.84. The van der Waals surface area contributed by atoms with Crippen LogP contribution in [0, 0.1) is 12.3 Å². The number of rotatable bonds is 5. The minimum Gasteiger partial charge on any atom is -0.372 e. The molecule has 1 saturated carbocycles. The third-order valence-electron chi connectivity index (χ3n) is 5.23. The molecule has 0 saturated heterocycles. The first-order valence-electron chi connectivity index (χ1n) is 9.39. The quantitative estimate of drug-likeness (QED) is 0.601. The standard InChI is InChI=1S/C24H20ClN3O/c1-3-16-4-6-18(7-5-16)23(29)28-24(14-15-24)19-10-8-17(9-11-19)21-13-12-20(25)22(26-2)27-21/h1,4-13H,14-15H2,2H3,(H,26,27)(H,28,29). The second-order valence-electron chi connectivity index (χ2n) is 7.11. The zero-order valence-electron chi connectivity index (χ0n) is 16.0. The number of anilines is 1. The van der Waals surface area contributed by atoms with Crippen LogP contribution in [0.3, 0.4) is 0 Å². The number of aromatic nitrogens is 1. The lowest BCUT2D eigenvalue weighted by Gasteiger charge is -2.18.